The Kier molecular flexibility index (Phi) is 6.61. The highest BCUT2D eigenvalue weighted by molar-refractivity contribution is 5.41. The van der Waals surface area contributed by atoms with Gasteiger partial charge in [0.1, 0.15) is 17.2 Å². The molecule has 1 atom stereocenters. The van der Waals surface area contributed by atoms with Crippen LogP contribution in [0.5, 0.6) is 17.2 Å². The van der Waals surface area contributed by atoms with Gasteiger partial charge in [0.05, 0.1) is 26.4 Å². The molecule has 0 aromatic heterocycles. The van der Waals surface area contributed by atoms with Gasteiger partial charge < -0.3 is 25.1 Å². The molecule has 0 spiro atoms. The van der Waals surface area contributed by atoms with Gasteiger partial charge >= 0.3 is 0 Å². The van der Waals surface area contributed by atoms with Gasteiger partial charge in [-0.05, 0) is 19.3 Å². The van der Waals surface area contributed by atoms with Crippen molar-refractivity contribution in [1.29, 1.82) is 0 Å². The molecule has 1 aromatic rings. The standard InChI is InChI=1S/C15H25NO4/c1-4-15(17,11-16)6-5-7-20-14-9-12(18-2)8-13(10-14)19-3/h8-10,17H,4-7,11,16H2,1-3H3. The molecule has 0 aliphatic rings. The third-order valence-electron chi connectivity index (χ3n) is 3.42. The van der Waals surface area contributed by atoms with Gasteiger partial charge in [-0.15, -0.1) is 0 Å². The Morgan fingerprint density at radius 2 is 1.65 bits per heavy atom. The third kappa shape index (κ3) is 4.90. The average Bonchev–Trinajstić information content (AvgIpc) is 2.50. The minimum Gasteiger partial charge on any atom is -0.496 e. The van der Waals surface area contributed by atoms with Crippen LogP contribution in [0.4, 0.5) is 0 Å². The number of ether oxygens (including phenoxy) is 3. The molecule has 5 heteroatoms. The summed E-state index contributed by atoms with van der Waals surface area (Å²) in [5, 5.41) is 10.1. The molecule has 0 saturated heterocycles. The number of rotatable bonds is 9. The Morgan fingerprint density at radius 1 is 1.10 bits per heavy atom. The minimum absolute atomic E-state index is 0.274. The number of aliphatic hydroxyl groups is 1. The van der Waals surface area contributed by atoms with Gasteiger partial charge in [-0.3, -0.25) is 0 Å². The second-order valence-electron chi connectivity index (χ2n) is 4.78. The molecule has 0 aliphatic heterocycles. The quantitative estimate of drug-likeness (QED) is 0.678. The molecule has 1 aromatic carbocycles. The molecule has 0 amide bonds. The molecule has 20 heavy (non-hydrogen) atoms. The largest absolute Gasteiger partial charge is 0.496 e. The van der Waals surface area contributed by atoms with Crippen LogP contribution < -0.4 is 19.9 Å². The zero-order valence-corrected chi connectivity index (χ0v) is 12.5. The van der Waals surface area contributed by atoms with Crippen molar-refractivity contribution in [2.24, 2.45) is 5.73 Å². The van der Waals surface area contributed by atoms with Crippen molar-refractivity contribution in [3.8, 4) is 17.2 Å². The fourth-order valence-corrected chi connectivity index (χ4v) is 1.88. The molecule has 5 nitrogen and oxygen atoms in total. The lowest BCUT2D eigenvalue weighted by Gasteiger charge is -2.24. The van der Waals surface area contributed by atoms with E-state index in [4.69, 9.17) is 19.9 Å². The van der Waals surface area contributed by atoms with Gasteiger partial charge in [0.25, 0.3) is 0 Å². The van der Waals surface area contributed by atoms with Crippen LogP contribution in [0.15, 0.2) is 18.2 Å². The van der Waals surface area contributed by atoms with E-state index in [2.05, 4.69) is 0 Å². The summed E-state index contributed by atoms with van der Waals surface area (Å²) in [5.74, 6) is 2.06. The normalized spacial score (nSPS) is 13.7. The van der Waals surface area contributed by atoms with E-state index in [-0.39, 0.29) is 6.54 Å². The number of methoxy groups -OCH3 is 2. The molecule has 0 bridgehead atoms. The van der Waals surface area contributed by atoms with E-state index in [1.165, 1.54) is 0 Å². The van der Waals surface area contributed by atoms with Gasteiger partial charge in [0, 0.05) is 24.7 Å². The van der Waals surface area contributed by atoms with Crippen LogP contribution in [0.2, 0.25) is 0 Å². The summed E-state index contributed by atoms with van der Waals surface area (Å²) < 4.78 is 16.0. The smallest absolute Gasteiger partial charge is 0.126 e. The lowest BCUT2D eigenvalue weighted by molar-refractivity contribution is 0.0308. The van der Waals surface area contributed by atoms with Crippen LogP contribution in [0.25, 0.3) is 0 Å². The van der Waals surface area contributed by atoms with Crippen LogP contribution >= 0.6 is 0 Å². The molecule has 0 radical (unpaired) electrons. The number of hydrogen-bond acceptors (Lipinski definition) is 5. The lowest BCUT2D eigenvalue weighted by Crippen LogP contribution is -2.37. The molecule has 0 saturated carbocycles. The molecule has 0 heterocycles. The molecule has 0 aliphatic carbocycles. The van der Waals surface area contributed by atoms with Gasteiger partial charge in [-0.25, -0.2) is 0 Å². The van der Waals surface area contributed by atoms with E-state index < -0.39 is 5.60 Å². The van der Waals surface area contributed by atoms with Crippen molar-refractivity contribution in [1.82, 2.24) is 0 Å². The Balaban J connectivity index is 2.49. The summed E-state index contributed by atoms with van der Waals surface area (Å²) in [7, 11) is 3.20. The van der Waals surface area contributed by atoms with Gasteiger partial charge in [-0.1, -0.05) is 6.92 Å². The van der Waals surface area contributed by atoms with Gasteiger partial charge in [-0.2, -0.15) is 0 Å². The number of benzene rings is 1. The molecule has 114 valence electrons. The summed E-state index contributed by atoms with van der Waals surface area (Å²) in [6.07, 6.45) is 2.01. The maximum absolute atomic E-state index is 10.1. The Morgan fingerprint density at radius 3 is 2.10 bits per heavy atom. The fourth-order valence-electron chi connectivity index (χ4n) is 1.88. The zero-order valence-electron chi connectivity index (χ0n) is 12.5. The highest BCUT2D eigenvalue weighted by Crippen LogP contribution is 2.27. The first kappa shape index (κ1) is 16.6. The Labute approximate surface area is 120 Å². The highest BCUT2D eigenvalue weighted by atomic mass is 16.5. The molecular weight excluding hydrogens is 258 g/mol. The maximum Gasteiger partial charge on any atom is 0.126 e. The topological polar surface area (TPSA) is 73.9 Å². The molecule has 3 N–H and O–H groups in total. The van der Waals surface area contributed by atoms with Crippen molar-refractivity contribution in [2.75, 3.05) is 27.4 Å². The van der Waals surface area contributed by atoms with Crippen LogP contribution in [0.3, 0.4) is 0 Å². The van der Waals surface area contributed by atoms with E-state index in [0.29, 0.717) is 36.7 Å². The molecular formula is C15H25NO4. The lowest BCUT2D eigenvalue weighted by atomic mass is 9.95. The summed E-state index contributed by atoms with van der Waals surface area (Å²) in [5.41, 5.74) is 4.78. The average molecular weight is 283 g/mol. The summed E-state index contributed by atoms with van der Waals surface area (Å²) in [6, 6.07) is 5.39. The first-order valence-corrected chi connectivity index (χ1v) is 6.85. The van der Waals surface area contributed by atoms with Crippen LogP contribution in [0.1, 0.15) is 26.2 Å². The summed E-state index contributed by atoms with van der Waals surface area (Å²) in [4.78, 5) is 0. The fraction of sp³-hybridized carbons (Fsp3) is 0.600. The van der Waals surface area contributed by atoms with Gasteiger partial charge in [0.2, 0.25) is 0 Å². The van der Waals surface area contributed by atoms with Crippen molar-refractivity contribution in [2.45, 2.75) is 31.8 Å². The van der Waals surface area contributed by atoms with Crippen LogP contribution in [-0.2, 0) is 0 Å². The summed E-state index contributed by atoms with van der Waals surface area (Å²) in [6.45, 7) is 2.72. The second-order valence-corrected chi connectivity index (χ2v) is 4.78. The molecule has 1 rings (SSSR count). The molecule has 0 fully saturated rings. The van der Waals surface area contributed by atoms with E-state index in [1.807, 2.05) is 6.92 Å². The minimum atomic E-state index is -0.782. The van der Waals surface area contributed by atoms with E-state index in [9.17, 15) is 5.11 Å². The van der Waals surface area contributed by atoms with Gasteiger partial charge in [0.15, 0.2) is 0 Å². The van der Waals surface area contributed by atoms with E-state index in [1.54, 1.807) is 32.4 Å². The first-order chi connectivity index (χ1) is 9.56. The van der Waals surface area contributed by atoms with Crippen molar-refractivity contribution in [3.05, 3.63) is 18.2 Å². The number of nitrogens with two attached hydrogens (primary N) is 1. The van der Waals surface area contributed by atoms with Crippen LogP contribution in [0, 0.1) is 0 Å². The van der Waals surface area contributed by atoms with Crippen molar-refractivity contribution < 1.29 is 19.3 Å². The SMILES string of the molecule is CCC(O)(CN)CCCOc1cc(OC)cc(OC)c1. The van der Waals surface area contributed by atoms with Crippen molar-refractivity contribution >= 4 is 0 Å². The second kappa shape index (κ2) is 7.97. The maximum atomic E-state index is 10.1. The predicted octanol–water partition coefficient (Wildman–Crippen LogP) is 1.96. The Hall–Kier alpha value is -1.46. The van der Waals surface area contributed by atoms with E-state index in [0.717, 1.165) is 6.42 Å². The first-order valence-electron chi connectivity index (χ1n) is 6.85. The Bertz CT molecular complexity index is 383. The molecule has 1 unspecified atom stereocenters. The monoisotopic (exact) mass is 283 g/mol. The summed E-state index contributed by atoms with van der Waals surface area (Å²) >= 11 is 0. The van der Waals surface area contributed by atoms with E-state index >= 15 is 0 Å². The third-order valence-corrected chi connectivity index (χ3v) is 3.42. The van der Waals surface area contributed by atoms with Crippen molar-refractivity contribution in [3.63, 3.8) is 0 Å². The highest BCUT2D eigenvalue weighted by Gasteiger charge is 2.21. The number of hydrogen-bond donors (Lipinski definition) is 2. The van der Waals surface area contributed by atoms with Crippen LogP contribution in [-0.4, -0.2) is 38.1 Å². The predicted molar refractivity (Wildman–Crippen MR) is 78.6 cm³/mol. The zero-order chi connectivity index (χ0) is 15.0.